The largest absolute Gasteiger partial charge is 0.428 e. The standard InChI is InChI=1S/C18H14N2OS2/c1-2-19-17(22)15-16(21-18(19)23)14(12-8-4-3-5-9-12)13-10-6-7-11-20(13)15/h3-11H,2H2,1H3. The average molecular weight is 338 g/mol. The molecule has 23 heavy (non-hydrogen) atoms. The van der Waals surface area contributed by atoms with Crippen LogP contribution in [-0.2, 0) is 6.54 Å². The van der Waals surface area contributed by atoms with Gasteiger partial charge in [-0.1, -0.05) is 48.6 Å². The van der Waals surface area contributed by atoms with Crippen LogP contribution in [-0.4, -0.2) is 8.97 Å². The van der Waals surface area contributed by atoms with Gasteiger partial charge in [0, 0.05) is 12.7 Å². The predicted octanol–water partition coefficient (Wildman–Crippen LogP) is 5.63. The number of aromatic nitrogens is 2. The molecule has 4 aromatic rings. The minimum atomic E-state index is 0.415. The summed E-state index contributed by atoms with van der Waals surface area (Å²) in [6.07, 6.45) is 2.01. The monoisotopic (exact) mass is 338 g/mol. The molecule has 5 heteroatoms. The van der Waals surface area contributed by atoms with Crippen LogP contribution >= 0.6 is 24.4 Å². The number of nitrogens with zero attached hydrogens (tertiary/aromatic N) is 2. The Morgan fingerprint density at radius 3 is 2.48 bits per heavy atom. The van der Waals surface area contributed by atoms with E-state index in [2.05, 4.69) is 22.6 Å². The normalized spacial score (nSPS) is 11.3. The molecule has 0 N–H and O–H groups in total. The van der Waals surface area contributed by atoms with Crippen molar-refractivity contribution in [3.8, 4) is 11.1 Å². The zero-order valence-electron chi connectivity index (χ0n) is 12.5. The lowest BCUT2D eigenvalue weighted by Gasteiger charge is -2.04. The third-order valence-electron chi connectivity index (χ3n) is 4.04. The molecule has 0 aliphatic rings. The molecule has 0 spiro atoms. The van der Waals surface area contributed by atoms with E-state index in [-0.39, 0.29) is 0 Å². The van der Waals surface area contributed by atoms with E-state index in [1.807, 2.05) is 48.0 Å². The van der Waals surface area contributed by atoms with E-state index in [9.17, 15) is 0 Å². The second-order valence-corrected chi connectivity index (χ2v) is 6.03. The lowest BCUT2D eigenvalue weighted by atomic mass is 10.1. The topological polar surface area (TPSA) is 22.5 Å². The number of fused-ring (bicyclic) bond motifs is 3. The van der Waals surface area contributed by atoms with Crippen LogP contribution in [0.3, 0.4) is 0 Å². The molecule has 4 rings (SSSR count). The Labute approximate surface area is 143 Å². The van der Waals surface area contributed by atoms with Gasteiger partial charge in [0.15, 0.2) is 5.58 Å². The van der Waals surface area contributed by atoms with Gasteiger partial charge in [0.25, 0.3) is 4.84 Å². The summed E-state index contributed by atoms with van der Waals surface area (Å²) >= 11 is 11.1. The molecule has 0 radical (unpaired) electrons. The lowest BCUT2D eigenvalue weighted by molar-refractivity contribution is 0.500. The fraction of sp³-hybridized carbons (Fsp3) is 0.111. The second-order valence-electron chi connectivity index (χ2n) is 5.29. The quantitative estimate of drug-likeness (QED) is 0.442. The third kappa shape index (κ3) is 2.08. The smallest absolute Gasteiger partial charge is 0.270 e. The maximum Gasteiger partial charge on any atom is 0.270 e. The van der Waals surface area contributed by atoms with E-state index in [1.54, 1.807) is 0 Å². The molecule has 0 bridgehead atoms. The van der Waals surface area contributed by atoms with Gasteiger partial charge in [-0.15, -0.1) is 0 Å². The van der Waals surface area contributed by atoms with Gasteiger partial charge in [-0.05, 0) is 36.8 Å². The summed E-state index contributed by atoms with van der Waals surface area (Å²) in [5, 5.41) is 0. The maximum absolute atomic E-state index is 6.03. The van der Waals surface area contributed by atoms with Crippen LogP contribution < -0.4 is 0 Å². The average Bonchev–Trinajstić information content (AvgIpc) is 2.90. The summed E-state index contributed by atoms with van der Waals surface area (Å²) in [7, 11) is 0. The van der Waals surface area contributed by atoms with E-state index in [1.165, 1.54) is 0 Å². The molecule has 0 amide bonds. The molecular weight excluding hydrogens is 324 g/mol. The molecule has 0 saturated carbocycles. The zero-order chi connectivity index (χ0) is 16.0. The van der Waals surface area contributed by atoms with Crippen molar-refractivity contribution in [2.24, 2.45) is 0 Å². The third-order valence-corrected chi connectivity index (χ3v) is 4.75. The Morgan fingerprint density at radius 1 is 1.00 bits per heavy atom. The van der Waals surface area contributed by atoms with Gasteiger partial charge in [-0.25, -0.2) is 0 Å². The minimum absolute atomic E-state index is 0.415. The van der Waals surface area contributed by atoms with Crippen LogP contribution in [0.25, 0.3) is 27.7 Å². The van der Waals surface area contributed by atoms with Crippen molar-refractivity contribution in [2.45, 2.75) is 13.5 Å². The zero-order valence-corrected chi connectivity index (χ0v) is 14.2. The van der Waals surface area contributed by atoms with Crippen molar-refractivity contribution in [1.29, 1.82) is 0 Å². The Hall–Kier alpha value is -2.24. The van der Waals surface area contributed by atoms with E-state index in [0.29, 0.717) is 16.0 Å². The number of rotatable bonds is 2. The first-order valence-electron chi connectivity index (χ1n) is 7.44. The van der Waals surface area contributed by atoms with Gasteiger partial charge >= 0.3 is 0 Å². The fourth-order valence-corrected chi connectivity index (χ4v) is 3.76. The summed E-state index contributed by atoms with van der Waals surface area (Å²) < 4.78 is 10.7. The number of pyridine rings is 1. The number of hydrogen-bond donors (Lipinski definition) is 0. The van der Waals surface area contributed by atoms with Gasteiger partial charge in [0.2, 0.25) is 0 Å². The van der Waals surface area contributed by atoms with Crippen molar-refractivity contribution in [2.75, 3.05) is 0 Å². The van der Waals surface area contributed by atoms with Crippen molar-refractivity contribution in [3.63, 3.8) is 0 Å². The fourth-order valence-electron chi connectivity index (χ4n) is 3.00. The van der Waals surface area contributed by atoms with Crippen LogP contribution in [0.4, 0.5) is 0 Å². The minimum Gasteiger partial charge on any atom is -0.428 e. The van der Waals surface area contributed by atoms with Gasteiger partial charge in [-0.2, -0.15) is 0 Å². The molecule has 3 aromatic heterocycles. The van der Waals surface area contributed by atoms with Crippen LogP contribution in [0.5, 0.6) is 0 Å². The van der Waals surface area contributed by atoms with Gasteiger partial charge in [-0.3, -0.25) is 4.57 Å². The van der Waals surface area contributed by atoms with Crippen LogP contribution in [0, 0.1) is 9.48 Å². The molecule has 3 nitrogen and oxygen atoms in total. The van der Waals surface area contributed by atoms with E-state index >= 15 is 0 Å². The summed E-state index contributed by atoms with van der Waals surface area (Å²) in [6, 6.07) is 16.3. The van der Waals surface area contributed by atoms with Gasteiger partial charge in [0.1, 0.15) is 10.2 Å². The highest BCUT2D eigenvalue weighted by Crippen LogP contribution is 2.35. The molecule has 1 aromatic carbocycles. The molecule has 0 atom stereocenters. The molecule has 0 aliphatic carbocycles. The summed E-state index contributed by atoms with van der Waals surface area (Å²) in [5.41, 5.74) is 4.83. The Bertz CT molecular complexity index is 1140. The predicted molar refractivity (Wildman–Crippen MR) is 97.9 cm³/mol. The van der Waals surface area contributed by atoms with Gasteiger partial charge in [0.05, 0.1) is 11.1 Å². The molecule has 114 valence electrons. The molecule has 0 fully saturated rings. The van der Waals surface area contributed by atoms with E-state index in [0.717, 1.165) is 27.7 Å². The highest BCUT2D eigenvalue weighted by Gasteiger charge is 2.18. The van der Waals surface area contributed by atoms with Crippen LogP contribution in [0.2, 0.25) is 0 Å². The first-order valence-corrected chi connectivity index (χ1v) is 8.26. The van der Waals surface area contributed by atoms with Crippen LogP contribution in [0.15, 0.2) is 59.1 Å². The molecular formula is C18H14N2OS2. The summed E-state index contributed by atoms with van der Waals surface area (Å²) in [6.45, 7) is 2.71. The SMILES string of the molecule is CCn1c(=S)oc2c(-c3ccccc3)c3ccccn3c2c1=S. The molecule has 3 heterocycles. The highest BCUT2D eigenvalue weighted by molar-refractivity contribution is 7.72. The first-order chi connectivity index (χ1) is 11.2. The molecule has 0 saturated heterocycles. The number of benzene rings is 1. The Morgan fingerprint density at radius 2 is 1.74 bits per heavy atom. The summed E-state index contributed by atoms with van der Waals surface area (Å²) in [4.78, 5) is 0.415. The van der Waals surface area contributed by atoms with Crippen molar-refractivity contribution < 1.29 is 4.42 Å². The van der Waals surface area contributed by atoms with Crippen molar-refractivity contribution in [3.05, 3.63) is 64.2 Å². The highest BCUT2D eigenvalue weighted by atomic mass is 32.1. The first kappa shape index (κ1) is 14.4. The van der Waals surface area contributed by atoms with E-state index < -0.39 is 0 Å². The van der Waals surface area contributed by atoms with Crippen molar-refractivity contribution >= 4 is 41.1 Å². The number of hydrogen-bond acceptors (Lipinski definition) is 3. The molecule has 0 aliphatic heterocycles. The maximum atomic E-state index is 6.03. The van der Waals surface area contributed by atoms with Crippen LogP contribution in [0.1, 0.15) is 6.92 Å². The van der Waals surface area contributed by atoms with E-state index in [4.69, 9.17) is 28.9 Å². The Balaban J connectivity index is 2.30. The second kappa shape index (κ2) is 5.44. The lowest BCUT2D eigenvalue weighted by Crippen LogP contribution is -2.00. The molecule has 0 unspecified atom stereocenters. The van der Waals surface area contributed by atoms with Crippen molar-refractivity contribution in [1.82, 2.24) is 8.97 Å². The Kier molecular flexibility index (Phi) is 3.39. The summed E-state index contributed by atoms with van der Waals surface area (Å²) in [5.74, 6) is 0. The van der Waals surface area contributed by atoms with Gasteiger partial charge < -0.3 is 8.82 Å².